The van der Waals surface area contributed by atoms with Crippen molar-refractivity contribution in [2.24, 2.45) is 5.84 Å². The fraction of sp³-hybridized carbons (Fsp3) is 0.867. The molecule has 1 rings (SSSR count). The molecule has 0 spiro atoms. The minimum absolute atomic E-state index is 0.223. The van der Waals surface area contributed by atoms with E-state index >= 15 is 0 Å². The molecule has 3 nitrogen and oxygen atoms in total. The summed E-state index contributed by atoms with van der Waals surface area (Å²) in [4.78, 5) is 2.40. The van der Waals surface area contributed by atoms with Crippen LogP contribution in [0, 0.1) is 0 Å². The van der Waals surface area contributed by atoms with Gasteiger partial charge >= 0.3 is 0 Å². The van der Waals surface area contributed by atoms with Gasteiger partial charge in [-0.05, 0) is 46.7 Å². The minimum Gasteiger partial charge on any atom is -0.302 e. The van der Waals surface area contributed by atoms with E-state index in [1.807, 2.05) is 0 Å². The van der Waals surface area contributed by atoms with Gasteiger partial charge in [-0.2, -0.15) is 0 Å². The molecule has 0 aliphatic heterocycles. The molecule has 0 aromatic rings. The van der Waals surface area contributed by atoms with Crippen molar-refractivity contribution < 1.29 is 0 Å². The second-order valence-corrected chi connectivity index (χ2v) is 6.13. The van der Waals surface area contributed by atoms with Gasteiger partial charge in [-0.25, -0.2) is 0 Å². The average molecular weight is 253 g/mol. The molecule has 1 aliphatic carbocycles. The van der Waals surface area contributed by atoms with Gasteiger partial charge in [0, 0.05) is 11.6 Å². The van der Waals surface area contributed by atoms with Gasteiger partial charge in [0.05, 0.1) is 0 Å². The molecule has 1 atom stereocenters. The number of rotatable bonds is 6. The normalized spacial score (nSPS) is 21.6. The summed E-state index contributed by atoms with van der Waals surface area (Å²) in [6.07, 6.45) is 10.0. The first kappa shape index (κ1) is 15.7. The van der Waals surface area contributed by atoms with E-state index in [4.69, 9.17) is 5.84 Å². The van der Waals surface area contributed by atoms with Crippen LogP contribution in [-0.2, 0) is 0 Å². The summed E-state index contributed by atoms with van der Waals surface area (Å²) in [6, 6.07) is 0.363. The smallest absolute Gasteiger partial charge is 0.0397 e. The van der Waals surface area contributed by atoms with Crippen LogP contribution in [0.5, 0.6) is 0 Å². The first-order chi connectivity index (χ1) is 8.53. The number of likely N-dealkylation sites (N-methyl/N-ethyl adjacent to an activating group) is 1. The fourth-order valence-corrected chi connectivity index (χ4v) is 3.35. The zero-order valence-corrected chi connectivity index (χ0v) is 12.5. The van der Waals surface area contributed by atoms with Gasteiger partial charge in [0.1, 0.15) is 0 Å². The molecular weight excluding hydrogens is 222 g/mol. The maximum Gasteiger partial charge on any atom is 0.0397 e. The third-order valence-electron chi connectivity index (χ3n) is 4.57. The quantitative estimate of drug-likeness (QED) is 0.331. The maximum atomic E-state index is 5.86. The second kappa shape index (κ2) is 7.27. The highest BCUT2D eigenvalue weighted by Crippen LogP contribution is 2.35. The van der Waals surface area contributed by atoms with Crippen LogP contribution in [0.4, 0.5) is 0 Å². The number of allylic oxidation sites excluding steroid dienone is 1. The number of hydrogen-bond acceptors (Lipinski definition) is 3. The molecule has 0 aromatic heterocycles. The second-order valence-electron chi connectivity index (χ2n) is 6.13. The summed E-state index contributed by atoms with van der Waals surface area (Å²) in [7, 11) is 4.41. The van der Waals surface area contributed by atoms with Crippen LogP contribution >= 0.6 is 0 Å². The lowest BCUT2D eigenvalue weighted by Crippen LogP contribution is -2.60. The lowest BCUT2D eigenvalue weighted by Gasteiger charge is -2.45. The summed E-state index contributed by atoms with van der Waals surface area (Å²) in [5, 5.41) is 0. The zero-order valence-electron chi connectivity index (χ0n) is 12.5. The summed E-state index contributed by atoms with van der Waals surface area (Å²) in [5.41, 5.74) is 4.57. The van der Waals surface area contributed by atoms with E-state index in [0.717, 1.165) is 12.8 Å². The van der Waals surface area contributed by atoms with Gasteiger partial charge in [0.25, 0.3) is 0 Å². The van der Waals surface area contributed by atoms with Gasteiger partial charge in [-0.3, -0.25) is 11.3 Å². The van der Waals surface area contributed by atoms with Crippen molar-refractivity contribution in [3.05, 3.63) is 12.2 Å². The van der Waals surface area contributed by atoms with E-state index in [0.29, 0.717) is 6.04 Å². The fourth-order valence-electron chi connectivity index (χ4n) is 3.35. The zero-order chi connectivity index (χ0) is 13.6. The molecule has 0 amide bonds. The molecule has 1 aliphatic rings. The Hall–Kier alpha value is -0.380. The molecule has 18 heavy (non-hydrogen) atoms. The topological polar surface area (TPSA) is 41.3 Å². The van der Waals surface area contributed by atoms with E-state index in [2.05, 4.69) is 37.9 Å². The van der Waals surface area contributed by atoms with Crippen molar-refractivity contribution in [2.75, 3.05) is 14.1 Å². The van der Waals surface area contributed by atoms with Crippen LogP contribution in [0.1, 0.15) is 58.3 Å². The number of hydrogen-bond donors (Lipinski definition) is 2. The van der Waals surface area contributed by atoms with Crippen molar-refractivity contribution in [3.8, 4) is 0 Å². The molecule has 1 unspecified atom stereocenters. The number of nitrogens with one attached hydrogen (secondary N) is 1. The van der Waals surface area contributed by atoms with Crippen LogP contribution in [0.15, 0.2) is 12.2 Å². The van der Waals surface area contributed by atoms with Gasteiger partial charge in [0.15, 0.2) is 0 Å². The average Bonchev–Trinajstić information content (AvgIpc) is 2.56. The first-order valence-corrected chi connectivity index (χ1v) is 7.31. The Morgan fingerprint density at radius 3 is 2.22 bits per heavy atom. The molecule has 3 heteroatoms. The van der Waals surface area contributed by atoms with Crippen molar-refractivity contribution in [3.63, 3.8) is 0 Å². The summed E-state index contributed by atoms with van der Waals surface area (Å²) < 4.78 is 0. The standard InChI is InChI=1S/C15H31N3/c1-13(2)9-10-14(17-16)15(18(3)4)11-7-5-6-8-12-15/h14,17H,1,5-12,16H2,2-4H3. The highest BCUT2D eigenvalue weighted by Gasteiger charge is 2.40. The molecule has 106 valence electrons. The van der Waals surface area contributed by atoms with Crippen molar-refractivity contribution in [1.82, 2.24) is 10.3 Å². The highest BCUT2D eigenvalue weighted by molar-refractivity contribution is 5.01. The highest BCUT2D eigenvalue weighted by atomic mass is 15.3. The van der Waals surface area contributed by atoms with E-state index < -0.39 is 0 Å². The SMILES string of the molecule is C=C(C)CCC(NN)C1(N(C)C)CCCCCC1. The molecule has 1 fully saturated rings. The Bertz CT molecular complexity index is 252. The molecule has 1 saturated carbocycles. The lowest BCUT2D eigenvalue weighted by atomic mass is 9.79. The van der Waals surface area contributed by atoms with Crippen LogP contribution in [0.3, 0.4) is 0 Å². The maximum absolute atomic E-state index is 5.86. The van der Waals surface area contributed by atoms with E-state index in [1.165, 1.54) is 44.1 Å². The molecule has 0 heterocycles. The van der Waals surface area contributed by atoms with Crippen molar-refractivity contribution in [1.29, 1.82) is 0 Å². The summed E-state index contributed by atoms with van der Waals surface area (Å²) >= 11 is 0. The third kappa shape index (κ3) is 3.81. The molecule has 0 saturated heterocycles. The Balaban J connectivity index is 2.81. The number of nitrogens with two attached hydrogens (primary N) is 1. The Morgan fingerprint density at radius 1 is 1.28 bits per heavy atom. The van der Waals surface area contributed by atoms with Crippen LogP contribution < -0.4 is 11.3 Å². The molecule has 0 bridgehead atoms. The Morgan fingerprint density at radius 2 is 1.83 bits per heavy atom. The predicted molar refractivity (Wildman–Crippen MR) is 79.3 cm³/mol. The number of hydrazine groups is 1. The van der Waals surface area contributed by atoms with Gasteiger partial charge < -0.3 is 4.90 Å². The minimum atomic E-state index is 0.223. The number of nitrogens with zero attached hydrogens (tertiary/aromatic N) is 1. The summed E-state index contributed by atoms with van der Waals surface area (Å²) in [6.45, 7) is 6.11. The van der Waals surface area contributed by atoms with Gasteiger partial charge in [-0.1, -0.05) is 31.3 Å². The van der Waals surface area contributed by atoms with E-state index in [9.17, 15) is 0 Å². The largest absolute Gasteiger partial charge is 0.302 e. The molecule has 3 N–H and O–H groups in total. The Kier molecular flexibility index (Phi) is 6.33. The van der Waals surface area contributed by atoms with Gasteiger partial charge in [0.2, 0.25) is 0 Å². The van der Waals surface area contributed by atoms with Crippen LogP contribution in [0.2, 0.25) is 0 Å². The van der Waals surface area contributed by atoms with Crippen LogP contribution in [-0.4, -0.2) is 30.6 Å². The van der Waals surface area contributed by atoms with E-state index in [1.54, 1.807) is 0 Å². The predicted octanol–water partition coefficient (Wildman–Crippen LogP) is 2.83. The Labute approximate surface area is 113 Å². The lowest BCUT2D eigenvalue weighted by molar-refractivity contribution is 0.0764. The monoisotopic (exact) mass is 253 g/mol. The summed E-state index contributed by atoms with van der Waals surface area (Å²) in [5.74, 6) is 5.86. The van der Waals surface area contributed by atoms with Crippen molar-refractivity contribution in [2.45, 2.75) is 69.9 Å². The molecule has 0 radical (unpaired) electrons. The molecular formula is C15H31N3. The van der Waals surface area contributed by atoms with Crippen LogP contribution in [0.25, 0.3) is 0 Å². The third-order valence-corrected chi connectivity index (χ3v) is 4.57. The van der Waals surface area contributed by atoms with Gasteiger partial charge in [-0.15, -0.1) is 6.58 Å². The first-order valence-electron chi connectivity index (χ1n) is 7.31. The van der Waals surface area contributed by atoms with E-state index in [-0.39, 0.29) is 5.54 Å². The van der Waals surface area contributed by atoms with Crippen molar-refractivity contribution >= 4 is 0 Å². The molecule has 0 aromatic carbocycles.